The van der Waals surface area contributed by atoms with E-state index in [2.05, 4.69) is 11.9 Å². The van der Waals surface area contributed by atoms with Gasteiger partial charge in [-0.25, -0.2) is 4.79 Å². The summed E-state index contributed by atoms with van der Waals surface area (Å²) in [5.41, 5.74) is 0.428. The van der Waals surface area contributed by atoms with Crippen molar-refractivity contribution >= 4 is 11.9 Å². The van der Waals surface area contributed by atoms with E-state index in [1.54, 1.807) is 6.92 Å². The van der Waals surface area contributed by atoms with Gasteiger partial charge in [-0.3, -0.25) is 4.79 Å². The number of hydrogen-bond donors (Lipinski definition) is 1. The van der Waals surface area contributed by atoms with Gasteiger partial charge in [-0.1, -0.05) is 36.9 Å². The average Bonchev–Trinajstić information content (AvgIpc) is 2.56. The minimum absolute atomic E-state index is 0.122. The Morgan fingerprint density at radius 2 is 1.87 bits per heavy atom. The minimum Gasteiger partial charge on any atom is -0.466 e. The summed E-state index contributed by atoms with van der Waals surface area (Å²) >= 11 is 0. The van der Waals surface area contributed by atoms with Crippen LogP contribution in [0.1, 0.15) is 31.7 Å². The van der Waals surface area contributed by atoms with Crippen molar-refractivity contribution in [1.82, 2.24) is 5.32 Å². The highest BCUT2D eigenvalue weighted by Crippen LogP contribution is 2.35. The fourth-order valence-corrected chi connectivity index (χ4v) is 2.73. The molecule has 23 heavy (non-hydrogen) atoms. The van der Waals surface area contributed by atoms with Crippen LogP contribution >= 0.6 is 0 Å². The van der Waals surface area contributed by atoms with Gasteiger partial charge in [0, 0.05) is 18.4 Å². The number of carbonyl (C=O) groups excluding carboxylic acids is 2. The summed E-state index contributed by atoms with van der Waals surface area (Å²) in [5.74, 6) is -1.00. The van der Waals surface area contributed by atoms with Crippen LogP contribution in [0.3, 0.4) is 0 Å². The van der Waals surface area contributed by atoms with Gasteiger partial charge in [0.2, 0.25) is 0 Å². The zero-order chi connectivity index (χ0) is 16.7. The number of benzene rings is 1. The first-order chi connectivity index (χ1) is 11.1. The number of ether oxygens (including phenoxy) is 2. The Morgan fingerprint density at radius 1 is 1.22 bits per heavy atom. The number of piperidine rings is 1. The van der Waals surface area contributed by atoms with Crippen LogP contribution in [0, 0.1) is 0 Å². The molecule has 0 aromatic heterocycles. The average molecular weight is 317 g/mol. The molecular formula is C18H23NO4. The van der Waals surface area contributed by atoms with E-state index >= 15 is 0 Å². The Kier molecular flexibility index (Phi) is 5.93. The van der Waals surface area contributed by atoms with Crippen molar-refractivity contribution in [3.8, 4) is 0 Å². The van der Waals surface area contributed by atoms with E-state index in [9.17, 15) is 9.59 Å². The summed E-state index contributed by atoms with van der Waals surface area (Å²) < 4.78 is 10.7. The molecule has 0 unspecified atom stereocenters. The highest BCUT2D eigenvalue weighted by Gasteiger charge is 2.38. The lowest BCUT2D eigenvalue weighted by Gasteiger charge is -2.37. The predicted molar refractivity (Wildman–Crippen MR) is 86.7 cm³/mol. The lowest BCUT2D eigenvalue weighted by molar-refractivity contribution is -0.160. The van der Waals surface area contributed by atoms with Crippen LogP contribution in [0.4, 0.5) is 0 Å². The molecule has 5 heteroatoms. The van der Waals surface area contributed by atoms with Crippen LogP contribution in [-0.2, 0) is 24.7 Å². The van der Waals surface area contributed by atoms with Crippen molar-refractivity contribution in [2.75, 3.05) is 19.7 Å². The molecule has 1 aliphatic rings. The first kappa shape index (κ1) is 17.2. The fourth-order valence-electron chi connectivity index (χ4n) is 2.73. The summed E-state index contributed by atoms with van der Waals surface area (Å²) in [6.45, 7) is 7.22. The lowest BCUT2D eigenvalue weighted by atomic mass is 9.84. The van der Waals surface area contributed by atoms with Crippen molar-refractivity contribution < 1.29 is 19.1 Å². The second-order valence-electron chi connectivity index (χ2n) is 5.59. The highest BCUT2D eigenvalue weighted by molar-refractivity contribution is 5.93. The molecule has 1 aromatic carbocycles. The predicted octanol–water partition coefficient (Wildman–Crippen LogP) is 2.32. The van der Waals surface area contributed by atoms with Crippen LogP contribution in [0.15, 0.2) is 42.5 Å². The van der Waals surface area contributed by atoms with Gasteiger partial charge in [0.05, 0.1) is 13.0 Å². The number of carbonyl (C=O) groups is 2. The van der Waals surface area contributed by atoms with E-state index < -0.39 is 17.5 Å². The Morgan fingerprint density at radius 3 is 2.48 bits per heavy atom. The molecule has 1 fully saturated rings. The van der Waals surface area contributed by atoms with Crippen molar-refractivity contribution in [3.05, 3.63) is 48.0 Å². The van der Waals surface area contributed by atoms with Crippen LogP contribution in [0.25, 0.3) is 0 Å². The smallest absolute Gasteiger partial charge is 0.334 e. The zero-order valence-electron chi connectivity index (χ0n) is 13.5. The molecule has 0 radical (unpaired) electrons. The van der Waals surface area contributed by atoms with Gasteiger partial charge in [0.15, 0.2) is 0 Å². The molecule has 2 rings (SSSR count). The zero-order valence-corrected chi connectivity index (χ0v) is 13.5. The standard InChI is InChI=1S/C18H23NO4/c1-3-22-16(20)13-14(2)17(21)23-18(9-11-19-12-10-18)15-7-5-4-6-8-15/h4-8,19H,2-3,9-13H2,1H3. The quantitative estimate of drug-likeness (QED) is 0.644. The maximum absolute atomic E-state index is 12.4. The third-order valence-corrected chi connectivity index (χ3v) is 3.95. The Balaban J connectivity index is 2.11. The summed E-state index contributed by atoms with van der Waals surface area (Å²) in [7, 11) is 0. The Hall–Kier alpha value is -2.14. The number of hydrogen-bond acceptors (Lipinski definition) is 5. The summed E-state index contributed by atoms with van der Waals surface area (Å²) in [6, 6.07) is 9.72. The van der Waals surface area contributed by atoms with Gasteiger partial charge < -0.3 is 14.8 Å². The second kappa shape index (κ2) is 7.92. The van der Waals surface area contributed by atoms with E-state index in [1.165, 1.54) is 0 Å². The van der Waals surface area contributed by atoms with Crippen molar-refractivity contribution in [1.29, 1.82) is 0 Å². The molecule has 0 atom stereocenters. The molecule has 1 aliphatic heterocycles. The van der Waals surface area contributed by atoms with E-state index in [0.29, 0.717) is 12.8 Å². The topological polar surface area (TPSA) is 64.6 Å². The van der Waals surface area contributed by atoms with Crippen LogP contribution in [-0.4, -0.2) is 31.6 Å². The summed E-state index contributed by atoms with van der Waals surface area (Å²) in [4.78, 5) is 23.9. The van der Waals surface area contributed by atoms with E-state index in [-0.39, 0.29) is 18.6 Å². The van der Waals surface area contributed by atoms with Crippen molar-refractivity contribution in [2.45, 2.75) is 31.8 Å². The van der Waals surface area contributed by atoms with Gasteiger partial charge >= 0.3 is 11.9 Å². The Bertz CT molecular complexity index is 562. The molecular weight excluding hydrogens is 294 g/mol. The number of rotatable bonds is 6. The van der Waals surface area contributed by atoms with Crippen LogP contribution in [0.5, 0.6) is 0 Å². The number of nitrogens with one attached hydrogen (secondary N) is 1. The maximum atomic E-state index is 12.4. The third-order valence-electron chi connectivity index (χ3n) is 3.95. The molecule has 0 aliphatic carbocycles. The van der Waals surface area contributed by atoms with Gasteiger partial charge in [-0.15, -0.1) is 0 Å². The molecule has 0 bridgehead atoms. The van der Waals surface area contributed by atoms with Gasteiger partial charge in [0.25, 0.3) is 0 Å². The minimum atomic E-state index is -0.665. The molecule has 1 aromatic rings. The third kappa shape index (κ3) is 4.42. The SMILES string of the molecule is C=C(CC(=O)OCC)C(=O)OC1(c2ccccc2)CCNCC1. The van der Waals surface area contributed by atoms with Crippen molar-refractivity contribution in [2.24, 2.45) is 0 Å². The maximum Gasteiger partial charge on any atom is 0.334 e. The van der Waals surface area contributed by atoms with Crippen LogP contribution in [0.2, 0.25) is 0 Å². The normalized spacial score (nSPS) is 16.4. The largest absolute Gasteiger partial charge is 0.466 e. The molecule has 1 N–H and O–H groups in total. The van der Waals surface area contributed by atoms with Gasteiger partial charge in [0.1, 0.15) is 5.60 Å². The lowest BCUT2D eigenvalue weighted by Crippen LogP contribution is -2.43. The highest BCUT2D eigenvalue weighted by atomic mass is 16.6. The molecule has 1 saturated heterocycles. The molecule has 124 valence electrons. The molecule has 0 saturated carbocycles. The van der Waals surface area contributed by atoms with Gasteiger partial charge in [-0.05, 0) is 25.6 Å². The molecule has 0 amide bonds. The van der Waals surface area contributed by atoms with Gasteiger partial charge in [-0.2, -0.15) is 0 Å². The first-order valence-corrected chi connectivity index (χ1v) is 7.90. The Labute approximate surface area is 136 Å². The van der Waals surface area contributed by atoms with E-state index in [4.69, 9.17) is 9.47 Å². The van der Waals surface area contributed by atoms with Crippen molar-refractivity contribution in [3.63, 3.8) is 0 Å². The molecule has 1 heterocycles. The second-order valence-corrected chi connectivity index (χ2v) is 5.59. The summed E-state index contributed by atoms with van der Waals surface area (Å²) in [5, 5.41) is 3.27. The van der Waals surface area contributed by atoms with E-state index in [0.717, 1.165) is 18.7 Å². The summed E-state index contributed by atoms with van der Waals surface area (Å²) in [6.07, 6.45) is 1.24. The fraction of sp³-hybridized carbons (Fsp3) is 0.444. The first-order valence-electron chi connectivity index (χ1n) is 7.90. The monoisotopic (exact) mass is 317 g/mol. The number of esters is 2. The molecule has 0 spiro atoms. The van der Waals surface area contributed by atoms with E-state index in [1.807, 2.05) is 30.3 Å². The molecule has 5 nitrogen and oxygen atoms in total. The van der Waals surface area contributed by atoms with Crippen LogP contribution < -0.4 is 5.32 Å².